The van der Waals surface area contributed by atoms with Gasteiger partial charge in [-0.25, -0.2) is 4.98 Å². The molecule has 4 aromatic rings. The van der Waals surface area contributed by atoms with Crippen molar-refractivity contribution in [3.8, 4) is 0 Å². The first-order valence-electron chi connectivity index (χ1n) is 11.5. The Bertz CT molecular complexity index is 1240. The van der Waals surface area contributed by atoms with Crippen LogP contribution < -0.4 is 5.32 Å². The number of H-pyrrole nitrogens is 1. The van der Waals surface area contributed by atoms with Crippen LogP contribution in [0, 0.1) is 5.92 Å². The third kappa shape index (κ3) is 4.65. The van der Waals surface area contributed by atoms with Crippen molar-refractivity contribution < 1.29 is 4.79 Å². The van der Waals surface area contributed by atoms with Crippen molar-refractivity contribution >= 4 is 33.5 Å². The highest BCUT2D eigenvalue weighted by Crippen LogP contribution is 2.30. The van der Waals surface area contributed by atoms with E-state index in [2.05, 4.69) is 44.4 Å². The van der Waals surface area contributed by atoms with Gasteiger partial charge < -0.3 is 15.2 Å². The van der Waals surface area contributed by atoms with Crippen molar-refractivity contribution in [3.05, 3.63) is 66.1 Å². The van der Waals surface area contributed by atoms with Crippen molar-refractivity contribution in [1.82, 2.24) is 19.9 Å². The van der Waals surface area contributed by atoms with Crippen molar-refractivity contribution in [3.63, 3.8) is 0 Å². The van der Waals surface area contributed by atoms with Gasteiger partial charge in [-0.2, -0.15) is 0 Å². The lowest BCUT2D eigenvalue weighted by atomic mass is 10.1. The van der Waals surface area contributed by atoms with Crippen LogP contribution >= 0.6 is 0 Å². The molecule has 0 bridgehead atoms. The zero-order chi connectivity index (χ0) is 21.9. The maximum Gasteiger partial charge on any atom is 0.275 e. The maximum atomic E-state index is 12.8. The molecule has 2 N–H and O–H groups in total. The molecule has 5 rings (SSSR count). The molecule has 32 heavy (non-hydrogen) atoms. The van der Waals surface area contributed by atoms with Gasteiger partial charge in [-0.3, -0.25) is 9.78 Å². The molecule has 6 nitrogen and oxygen atoms in total. The van der Waals surface area contributed by atoms with Gasteiger partial charge in [0, 0.05) is 35.9 Å². The van der Waals surface area contributed by atoms with Crippen molar-refractivity contribution in [2.45, 2.75) is 32.6 Å². The Balaban J connectivity index is 1.30. The van der Waals surface area contributed by atoms with E-state index in [0.717, 1.165) is 47.5 Å². The normalized spacial score (nSPS) is 13.8. The quantitative estimate of drug-likeness (QED) is 0.393. The number of nitrogens with one attached hydrogen (secondary N) is 2. The van der Waals surface area contributed by atoms with E-state index in [-0.39, 0.29) is 5.91 Å². The summed E-state index contributed by atoms with van der Waals surface area (Å²) in [6.07, 6.45) is 8.59. The SMILES string of the molecule is CCCN(CCc1c[nH]c2ccc(NC(=O)c3cnc4ccccc4n3)cc12)CC1CC1. The van der Waals surface area contributed by atoms with Gasteiger partial charge in [0.25, 0.3) is 5.91 Å². The molecule has 1 fully saturated rings. The molecule has 0 aliphatic heterocycles. The highest BCUT2D eigenvalue weighted by atomic mass is 16.1. The second-order valence-electron chi connectivity index (χ2n) is 8.77. The van der Waals surface area contributed by atoms with Crippen molar-refractivity contribution in [1.29, 1.82) is 0 Å². The number of carbonyl (C=O) groups excluding carboxylic acids is 1. The largest absolute Gasteiger partial charge is 0.361 e. The van der Waals surface area contributed by atoms with Crippen LogP contribution in [0.15, 0.2) is 54.9 Å². The van der Waals surface area contributed by atoms with Crippen LogP contribution in [0.5, 0.6) is 0 Å². The highest BCUT2D eigenvalue weighted by molar-refractivity contribution is 6.04. The first kappa shape index (κ1) is 20.6. The monoisotopic (exact) mass is 427 g/mol. The number of fused-ring (bicyclic) bond motifs is 2. The Labute approximate surface area is 188 Å². The van der Waals surface area contributed by atoms with E-state index in [1.165, 1.54) is 37.6 Å². The first-order chi connectivity index (χ1) is 15.7. The first-order valence-corrected chi connectivity index (χ1v) is 11.5. The minimum atomic E-state index is -0.252. The molecule has 1 aliphatic carbocycles. The topological polar surface area (TPSA) is 73.9 Å². The molecule has 164 valence electrons. The number of benzene rings is 2. The molecule has 2 aromatic carbocycles. The Kier molecular flexibility index (Phi) is 5.86. The van der Waals surface area contributed by atoms with Gasteiger partial charge >= 0.3 is 0 Å². The van der Waals surface area contributed by atoms with Gasteiger partial charge in [-0.1, -0.05) is 19.1 Å². The van der Waals surface area contributed by atoms with Crippen LogP contribution in [0.1, 0.15) is 42.2 Å². The van der Waals surface area contributed by atoms with E-state index in [0.29, 0.717) is 11.2 Å². The Hall–Kier alpha value is -3.25. The number of amides is 1. The zero-order valence-corrected chi connectivity index (χ0v) is 18.5. The summed E-state index contributed by atoms with van der Waals surface area (Å²) in [6, 6.07) is 13.6. The summed E-state index contributed by atoms with van der Waals surface area (Å²) in [6.45, 7) is 5.71. The van der Waals surface area contributed by atoms with Crippen LogP contribution in [0.3, 0.4) is 0 Å². The van der Waals surface area contributed by atoms with Crippen molar-refractivity contribution in [2.75, 3.05) is 25.0 Å². The lowest BCUT2D eigenvalue weighted by Gasteiger charge is -2.21. The number of aromatic nitrogens is 3. The standard InChI is InChI=1S/C26H29N5O/c1-2-12-31(17-18-7-8-18)13-11-19-15-27-22-10-9-20(14-21(19)22)29-26(32)25-16-28-23-5-3-4-6-24(23)30-25/h3-6,9-10,14-16,18,27H,2,7-8,11-13,17H2,1H3,(H,29,32). The van der Waals surface area contributed by atoms with E-state index in [9.17, 15) is 4.79 Å². The van der Waals surface area contributed by atoms with Crippen LogP contribution in [-0.4, -0.2) is 45.4 Å². The van der Waals surface area contributed by atoms with Crippen LogP contribution in [0.4, 0.5) is 5.69 Å². The van der Waals surface area contributed by atoms with Crippen LogP contribution in [0.2, 0.25) is 0 Å². The van der Waals surface area contributed by atoms with Crippen LogP contribution in [-0.2, 0) is 6.42 Å². The number of carbonyl (C=O) groups is 1. The summed E-state index contributed by atoms with van der Waals surface area (Å²) in [7, 11) is 0. The van der Waals surface area contributed by atoms with Crippen LogP contribution in [0.25, 0.3) is 21.9 Å². The average Bonchev–Trinajstić information content (AvgIpc) is 3.54. The molecule has 0 saturated heterocycles. The van der Waals surface area contributed by atoms with Crippen molar-refractivity contribution in [2.24, 2.45) is 5.92 Å². The molecular weight excluding hydrogens is 398 g/mol. The van der Waals surface area contributed by atoms with E-state index in [4.69, 9.17) is 0 Å². The molecule has 2 aromatic heterocycles. The fraction of sp³-hybridized carbons (Fsp3) is 0.346. The van der Waals surface area contributed by atoms with Gasteiger partial charge in [0.05, 0.1) is 17.2 Å². The third-order valence-corrected chi connectivity index (χ3v) is 6.16. The zero-order valence-electron chi connectivity index (χ0n) is 18.5. The second kappa shape index (κ2) is 9.09. The summed E-state index contributed by atoms with van der Waals surface area (Å²) in [5.41, 5.74) is 4.95. The number of hydrogen-bond donors (Lipinski definition) is 2. The molecule has 1 amide bonds. The number of nitrogens with zero attached hydrogens (tertiary/aromatic N) is 3. The fourth-order valence-electron chi connectivity index (χ4n) is 4.28. The number of anilines is 1. The van der Waals surface area contributed by atoms with Gasteiger partial charge in [0.2, 0.25) is 0 Å². The second-order valence-corrected chi connectivity index (χ2v) is 8.77. The summed E-state index contributed by atoms with van der Waals surface area (Å²) in [5.74, 6) is 0.655. The Morgan fingerprint density at radius 1 is 1.16 bits per heavy atom. The number of para-hydroxylation sites is 2. The predicted octanol–water partition coefficient (Wildman–Crippen LogP) is 5.03. The lowest BCUT2D eigenvalue weighted by molar-refractivity contribution is 0.102. The van der Waals surface area contributed by atoms with Gasteiger partial charge in [0.15, 0.2) is 0 Å². The smallest absolute Gasteiger partial charge is 0.275 e. The molecule has 6 heteroatoms. The molecule has 0 spiro atoms. The molecule has 1 aliphatic rings. The van der Waals surface area contributed by atoms with E-state index >= 15 is 0 Å². The van der Waals surface area contributed by atoms with E-state index in [1.807, 2.05) is 36.4 Å². The van der Waals surface area contributed by atoms with Gasteiger partial charge in [-0.15, -0.1) is 0 Å². The Morgan fingerprint density at radius 3 is 2.81 bits per heavy atom. The molecule has 2 heterocycles. The third-order valence-electron chi connectivity index (χ3n) is 6.16. The van der Waals surface area contributed by atoms with E-state index < -0.39 is 0 Å². The minimum absolute atomic E-state index is 0.252. The number of aromatic amines is 1. The average molecular weight is 428 g/mol. The molecule has 0 radical (unpaired) electrons. The lowest BCUT2D eigenvalue weighted by Crippen LogP contribution is -2.29. The fourth-order valence-corrected chi connectivity index (χ4v) is 4.28. The number of hydrogen-bond acceptors (Lipinski definition) is 4. The summed E-state index contributed by atoms with van der Waals surface area (Å²) in [4.78, 5) is 27.6. The number of rotatable bonds is 9. The molecule has 1 saturated carbocycles. The summed E-state index contributed by atoms with van der Waals surface area (Å²) >= 11 is 0. The highest BCUT2D eigenvalue weighted by Gasteiger charge is 2.23. The minimum Gasteiger partial charge on any atom is -0.361 e. The molecular formula is C26H29N5O. The summed E-state index contributed by atoms with van der Waals surface area (Å²) < 4.78 is 0. The van der Waals surface area contributed by atoms with E-state index in [1.54, 1.807) is 0 Å². The Morgan fingerprint density at radius 2 is 2.00 bits per heavy atom. The molecule has 0 atom stereocenters. The maximum absolute atomic E-state index is 12.8. The van der Waals surface area contributed by atoms with Gasteiger partial charge in [0.1, 0.15) is 5.69 Å². The molecule has 0 unspecified atom stereocenters. The van der Waals surface area contributed by atoms with Gasteiger partial charge in [-0.05, 0) is 74.0 Å². The summed E-state index contributed by atoms with van der Waals surface area (Å²) in [5, 5.41) is 4.15. The predicted molar refractivity (Wildman–Crippen MR) is 129 cm³/mol.